The minimum absolute atomic E-state index is 0.261. The molecule has 0 saturated carbocycles. The second kappa shape index (κ2) is 6.90. The quantitative estimate of drug-likeness (QED) is 0.785. The van der Waals surface area contributed by atoms with Crippen molar-refractivity contribution in [3.05, 3.63) is 35.9 Å². The molecule has 0 aromatic heterocycles. The monoisotopic (exact) mass is 381 g/mol. The van der Waals surface area contributed by atoms with Crippen LogP contribution in [0.3, 0.4) is 0 Å². The summed E-state index contributed by atoms with van der Waals surface area (Å²) in [5.41, 5.74) is 0.261. The fraction of sp³-hybridized carbons (Fsp3) is 0.308. The maximum Gasteiger partial charge on any atom is 0.326 e. The topological polar surface area (TPSA) is 78.5 Å². The van der Waals surface area contributed by atoms with Crippen molar-refractivity contribution in [3.8, 4) is 0 Å². The van der Waals surface area contributed by atoms with Crippen LogP contribution in [0.2, 0.25) is 0 Å². The Morgan fingerprint density at radius 1 is 1.30 bits per heavy atom. The average molecular weight is 383 g/mol. The highest BCUT2D eigenvalue weighted by Crippen LogP contribution is 2.33. The van der Waals surface area contributed by atoms with E-state index in [9.17, 15) is 18.8 Å². The van der Waals surface area contributed by atoms with E-state index in [4.69, 9.17) is 34.8 Å². The van der Waals surface area contributed by atoms with E-state index in [-0.39, 0.29) is 5.56 Å². The first-order chi connectivity index (χ1) is 10.7. The number of carbonyl (C=O) groups excluding carboxylic acids is 3. The zero-order valence-electron chi connectivity index (χ0n) is 11.4. The number of urea groups is 1. The predicted molar refractivity (Wildman–Crippen MR) is 83.1 cm³/mol. The largest absolute Gasteiger partial charge is 0.328 e. The molecule has 1 saturated heterocycles. The molecular formula is C13H11Cl3FN3O3. The van der Waals surface area contributed by atoms with Crippen molar-refractivity contribution < 1.29 is 18.8 Å². The molecule has 4 amide bonds. The Bertz CT molecular complexity index is 624. The lowest BCUT2D eigenvalue weighted by molar-refractivity contribution is -0.127. The Morgan fingerprint density at radius 2 is 1.91 bits per heavy atom. The van der Waals surface area contributed by atoms with E-state index in [1.165, 1.54) is 12.1 Å². The van der Waals surface area contributed by atoms with E-state index in [0.29, 0.717) is 0 Å². The third-order valence-electron chi connectivity index (χ3n) is 3.06. The summed E-state index contributed by atoms with van der Waals surface area (Å²) in [7, 11) is 0. The molecule has 0 bridgehead atoms. The molecule has 1 heterocycles. The second-order valence-corrected chi connectivity index (χ2v) is 7.07. The molecule has 0 aliphatic carbocycles. The van der Waals surface area contributed by atoms with Crippen LogP contribution in [0.5, 0.6) is 0 Å². The van der Waals surface area contributed by atoms with Gasteiger partial charge in [0.05, 0.1) is 6.54 Å². The van der Waals surface area contributed by atoms with Crippen LogP contribution in [0.15, 0.2) is 30.3 Å². The Hall–Kier alpha value is -1.57. The van der Waals surface area contributed by atoms with E-state index in [0.717, 1.165) is 4.90 Å². The van der Waals surface area contributed by atoms with Gasteiger partial charge in [0.2, 0.25) is 3.79 Å². The molecule has 2 unspecified atom stereocenters. The highest BCUT2D eigenvalue weighted by Gasteiger charge is 2.45. The summed E-state index contributed by atoms with van der Waals surface area (Å²) in [5, 5.41) is 4.15. The smallest absolute Gasteiger partial charge is 0.326 e. The molecule has 23 heavy (non-hydrogen) atoms. The van der Waals surface area contributed by atoms with Crippen LogP contribution in [0.1, 0.15) is 10.4 Å². The number of nitrogens with one attached hydrogen (secondary N) is 2. The molecule has 1 fully saturated rings. The van der Waals surface area contributed by atoms with Gasteiger partial charge in [0.1, 0.15) is 0 Å². The molecule has 6 nitrogen and oxygen atoms in total. The van der Waals surface area contributed by atoms with Crippen LogP contribution in [0.25, 0.3) is 0 Å². The van der Waals surface area contributed by atoms with Gasteiger partial charge in [-0.3, -0.25) is 19.8 Å². The number of rotatable bonds is 3. The lowest BCUT2D eigenvalue weighted by Gasteiger charge is -2.38. The van der Waals surface area contributed by atoms with Gasteiger partial charge in [0.25, 0.3) is 11.8 Å². The highest BCUT2D eigenvalue weighted by molar-refractivity contribution is 6.68. The van der Waals surface area contributed by atoms with E-state index in [1.807, 2.05) is 0 Å². The van der Waals surface area contributed by atoms with Crippen LogP contribution in [-0.4, -0.2) is 45.4 Å². The molecule has 2 N–H and O–H groups in total. The van der Waals surface area contributed by atoms with Gasteiger partial charge in [-0.2, -0.15) is 0 Å². The molecular weight excluding hydrogens is 372 g/mol. The fourth-order valence-corrected chi connectivity index (χ4v) is 2.47. The van der Waals surface area contributed by atoms with Crippen molar-refractivity contribution in [3.63, 3.8) is 0 Å². The summed E-state index contributed by atoms with van der Waals surface area (Å²) in [5.74, 6) is -1.70. The molecule has 10 heteroatoms. The van der Waals surface area contributed by atoms with E-state index >= 15 is 0 Å². The van der Waals surface area contributed by atoms with Crippen LogP contribution in [0.4, 0.5) is 9.18 Å². The Kier molecular flexibility index (Phi) is 5.33. The van der Waals surface area contributed by atoms with E-state index in [1.54, 1.807) is 23.5 Å². The molecule has 124 valence electrons. The summed E-state index contributed by atoms with van der Waals surface area (Å²) in [6.07, 6.45) is -3.46. The van der Waals surface area contributed by atoms with Gasteiger partial charge in [-0.15, -0.1) is 0 Å². The van der Waals surface area contributed by atoms with Crippen molar-refractivity contribution in [1.29, 1.82) is 0 Å². The zero-order chi connectivity index (χ0) is 17.2. The number of hydrogen-bond donors (Lipinski definition) is 2. The number of halogens is 4. The van der Waals surface area contributed by atoms with Gasteiger partial charge < -0.3 is 5.32 Å². The van der Waals surface area contributed by atoms with Gasteiger partial charge in [-0.05, 0) is 12.1 Å². The predicted octanol–water partition coefficient (Wildman–Crippen LogP) is 2.00. The fourth-order valence-electron chi connectivity index (χ4n) is 1.95. The van der Waals surface area contributed by atoms with Gasteiger partial charge in [0.15, 0.2) is 12.3 Å². The van der Waals surface area contributed by atoms with E-state index < -0.39 is 40.5 Å². The first-order valence-corrected chi connectivity index (χ1v) is 7.51. The summed E-state index contributed by atoms with van der Waals surface area (Å²) in [6.45, 7) is -0.641. The number of alkyl halides is 4. The molecule has 1 aromatic rings. The van der Waals surface area contributed by atoms with Gasteiger partial charge >= 0.3 is 6.03 Å². The number of hydrogen-bond acceptors (Lipinski definition) is 3. The Balaban J connectivity index is 2.23. The second-order valence-electron chi connectivity index (χ2n) is 4.70. The van der Waals surface area contributed by atoms with Crippen LogP contribution in [0, 0.1) is 0 Å². The number of benzene rings is 1. The zero-order valence-corrected chi connectivity index (χ0v) is 13.7. The summed E-state index contributed by atoms with van der Waals surface area (Å²) in [4.78, 5) is 35.9. The Morgan fingerprint density at radius 3 is 2.48 bits per heavy atom. The van der Waals surface area contributed by atoms with E-state index in [2.05, 4.69) is 5.32 Å². The van der Waals surface area contributed by atoms with Crippen LogP contribution >= 0.6 is 34.8 Å². The molecule has 1 aromatic carbocycles. The lowest BCUT2D eigenvalue weighted by Crippen LogP contribution is -2.65. The van der Waals surface area contributed by atoms with Gasteiger partial charge in [0, 0.05) is 5.56 Å². The summed E-state index contributed by atoms with van der Waals surface area (Å²) in [6, 6.07) is 7.03. The van der Waals surface area contributed by atoms with Crippen molar-refractivity contribution in [2.24, 2.45) is 0 Å². The maximum atomic E-state index is 13.6. The number of nitrogens with zero attached hydrogens (tertiary/aromatic N) is 1. The minimum Gasteiger partial charge on any atom is -0.328 e. The van der Waals surface area contributed by atoms with Crippen molar-refractivity contribution >= 4 is 52.6 Å². The van der Waals surface area contributed by atoms with Gasteiger partial charge in [-0.1, -0.05) is 53.0 Å². The first kappa shape index (κ1) is 17.8. The van der Waals surface area contributed by atoms with Crippen molar-refractivity contribution in [2.45, 2.75) is 16.1 Å². The number of carbonyl (C=O) groups is 3. The van der Waals surface area contributed by atoms with Crippen LogP contribution < -0.4 is 10.6 Å². The molecule has 0 radical (unpaired) electrons. The maximum absolute atomic E-state index is 13.6. The first-order valence-electron chi connectivity index (χ1n) is 6.38. The molecule has 2 rings (SSSR count). The molecule has 0 spiro atoms. The minimum atomic E-state index is -2.14. The summed E-state index contributed by atoms with van der Waals surface area (Å²) < 4.78 is 11.4. The third kappa shape index (κ3) is 4.25. The normalized spacial score (nSPS) is 20.0. The van der Waals surface area contributed by atoms with Gasteiger partial charge in [-0.25, -0.2) is 9.18 Å². The molecule has 2 atom stereocenters. The van der Waals surface area contributed by atoms with Crippen molar-refractivity contribution in [1.82, 2.24) is 15.5 Å². The van der Waals surface area contributed by atoms with Crippen LogP contribution in [-0.2, 0) is 4.79 Å². The standard InChI is InChI=1S/C13H11Cl3FN3O3/c14-13(15,16)11(18-9(21)7-4-2-1-3-5-7)20-6-8(17)10(22)19-12(20)23/h1-5,8,11H,6H2,(H,18,21)(H,19,22,23). The average Bonchev–Trinajstić information content (AvgIpc) is 2.48. The molecule has 1 aliphatic heterocycles. The SMILES string of the molecule is O=C(NC(N1CC(F)C(=O)NC1=O)C(Cl)(Cl)Cl)c1ccccc1. The third-order valence-corrected chi connectivity index (χ3v) is 3.68. The number of imide groups is 1. The number of amides is 4. The lowest BCUT2D eigenvalue weighted by atomic mass is 10.2. The van der Waals surface area contributed by atoms with Crippen molar-refractivity contribution in [2.75, 3.05) is 6.54 Å². The highest BCUT2D eigenvalue weighted by atomic mass is 35.6. The molecule has 1 aliphatic rings. The Labute approximate surface area is 145 Å². The summed E-state index contributed by atoms with van der Waals surface area (Å²) >= 11 is 17.4.